The van der Waals surface area contributed by atoms with Gasteiger partial charge >= 0.3 is 0 Å². The first-order valence-electron chi connectivity index (χ1n) is 9.15. The number of amides is 1. The quantitative estimate of drug-likeness (QED) is 0.523. The Morgan fingerprint density at radius 1 is 1.03 bits per heavy atom. The van der Waals surface area contributed by atoms with Gasteiger partial charge in [-0.1, -0.05) is 34.5 Å². The first-order chi connectivity index (χ1) is 14.5. The summed E-state index contributed by atoms with van der Waals surface area (Å²) in [5.74, 6) is 0.328. The Hall–Kier alpha value is -3.71. The number of rotatable bonds is 5. The summed E-state index contributed by atoms with van der Waals surface area (Å²) in [5.41, 5.74) is 2.73. The van der Waals surface area contributed by atoms with Crippen LogP contribution in [0.5, 0.6) is 0 Å². The Bertz CT molecular complexity index is 1240. The standard InChI is InChI=1S/C22H17ClN4O3/c1-14-2-9-18(10-3-14)24-19(28)13-27-12-16(6-11-20(27)29)22-25-21(26-30-22)15-4-7-17(23)8-5-15/h2-12H,13H2,1H3,(H,24,28). The number of hydrogen-bond donors (Lipinski definition) is 1. The number of aromatic nitrogens is 3. The largest absolute Gasteiger partial charge is 0.334 e. The number of anilines is 1. The molecule has 30 heavy (non-hydrogen) atoms. The molecular formula is C22H17ClN4O3. The molecule has 150 valence electrons. The molecule has 0 saturated heterocycles. The minimum absolute atomic E-state index is 0.140. The zero-order chi connectivity index (χ0) is 21.1. The highest BCUT2D eigenvalue weighted by molar-refractivity contribution is 6.30. The molecular weight excluding hydrogens is 404 g/mol. The van der Waals surface area contributed by atoms with Crippen molar-refractivity contribution in [2.45, 2.75) is 13.5 Å². The van der Waals surface area contributed by atoms with Crippen molar-refractivity contribution in [1.82, 2.24) is 14.7 Å². The van der Waals surface area contributed by atoms with E-state index in [-0.39, 0.29) is 23.9 Å². The Morgan fingerprint density at radius 2 is 1.73 bits per heavy atom. The lowest BCUT2D eigenvalue weighted by Crippen LogP contribution is -2.26. The average molecular weight is 421 g/mol. The minimum Gasteiger partial charge on any atom is -0.334 e. The fourth-order valence-corrected chi connectivity index (χ4v) is 2.96. The van der Waals surface area contributed by atoms with E-state index >= 15 is 0 Å². The van der Waals surface area contributed by atoms with Gasteiger partial charge in [-0.3, -0.25) is 9.59 Å². The molecule has 1 amide bonds. The fraction of sp³-hybridized carbons (Fsp3) is 0.0909. The molecule has 0 bridgehead atoms. The molecule has 2 aromatic carbocycles. The summed E-state index contributed by atoms with van der Waals surface area (Å²) in [7, 11) is 0. The molecule has 0 fully saturated rings. The van der Waals surface area contributed by atoms with Crippen molar-refractivity contribution in [1.29, 1.82) is 0 Å². The molecule has 4 rings (SSSR count). The van der Waals surface area contributed by atoms with Gasteiger partial charge in [0.05, 0.1) is 5.56 Å². The van der Waals surface area contributed by atoms with Gasteiger partial charge in [0.15, 0.2) is 0 Å². The van der Waals surface area contributed by atoms with Gasteiger partial charge in [-0.05, 0) is 49.4 Å². The van der Waals surface area contributed by atoms with Crippen LogP contribution in [0.15, 0.2) is 76.2 Å². The molecule has 0 aliphatic heterocycles. The highest BCUT2D eigenvalue weighted by atomic mass is 35.5. The molecule has 0 spiro atoms. The van der Waals surface area contributed by atoms with Gasteiger partial charge in [-0.25, -0.2) is 0 Å². The molecule has 0 atom stereocenters. The minimum atomic E-state index is -0.314. The maximum absolute atomic E-state index is 12.4. The number of carbonyl (C=O) groups excluding carboxylic acids is 1. The summed E-state index contributed by atoms with van der Waals surface area (Å²) in [6.07, 6.45) is 1.52. The van der Waals surface area contributed by atoms with Crippen molar-refractivity contribution in [2.24, 2.45) is 0 Å². The third-order valence-electron chi connectivity index (χ3n) is 4.41. The molecule has 2 aromatic heterocycles. The van der Waals surface area contributed by atoms with Gasteiger partial charge in [0.25, 0.3) is 11.4 Å². The highest BCUT2D eigenvalue weighted by Crippen LogP contribution is 2.22. The number of pyridine rings is 1. The molecule has 0 aliphatic rings. The predicted molar refractivity (Wildman–Crippen MR) is 114 cm³/mol. The molecule has 0 radical (unpaired) electrons. The van der Waals surface area contributed by atoms with Crippen LogP contribution in [-0.2, 0) is 11.3 Å². The lowest BCUT2D eigenvalue weighted by molar-refractivity contribution is -0.116. The molecule has 4 aromatic rings. The van der Waals surface area contributed by atoms with Crippen molar-refractivity contribution in [3.8, 4) is 22.8 Å². The van der Waals surface area contributed by atoms with E-state index in [0.717, 1.165) is 11.1 Å². The Kier molecular flexibility index (Phi) is 5.45. The molecule has 2 heterocycles. The van der Waals surface area contributed by atoms with E-state index in [4.69, 9.17) is 16.1 Å². The zero-order valence-corrected chi connectivity index (χ0v) is 16.8. The Morgan fingerprint density at radius 3 is 2.47 bits per heavy atom. The second kappa shape index (κ2) is 8.34. The van der Waals surface area contributed by atoms with Crippen LogP contribution in [0.1, 0.15) is 5.56 Å². The molecule has 0 saturated carbocycles. The van der Waals surface area contributed by atoms with Crippen LogP contribution in [-0.4, -0.2) is 20.6 Å². The first kappa shape index (κ1) is 19.6. The Labute approximate surface area is 176 Å². The molecule has 1 N–H and O–H groups in total. The highest BCUT2D eigenvalue weighted by Gasteiger charge is 2.13. The van der Waals surface area contributed by atoms with E-state index in [1.807, 2.05) is 31.2 Å². The van der Waals surface area contributed by atoms with Gasteiger partial charge in [0.1, 0.15) is 6.54 Å². The SMILES string of the molecule is Cc1ccc(NC(=O)Cn2cc(-c3nc(-c4ccc(Cl)cc4)no3)ccc2=O)cc1. The summed E-state index contributed by atoms with van der Waals surface area (Å²) in [6.45, 7) is 1.82. The first-order valence-corrected chi connectivity index (χ1v) is 9.53. The lowest BCUT2D eigenvalue weighted by Gasteiger charge is -2.08. The van der Waals surface area contributed by atoms with Crippen LogP contribution in [0.4, 0.5) is 5.69 Å². The summed E-state index contributed by atoms with van der Waals surface area (Å²) >= 11 is 5.90. The van der Waals surface area contributed by atoms with Gasteiger partial charge in [0, 0.05) is 28.5 Å². The number of aryl methyl sites for hydroxylation is 1. The van der Waals surface area contributed by atoms with Crippen LogP contribution in [0.3, 0.4) is 0 Å². The van der Waals surface area contributed by atoms with E-state index in [2.05, 4.69) is 15.5 Å². The van der Waals surface area contributed by atoms with Crippen LogP contribution in [0.25, 0.3) is 22.8 Å². The van der Waals surface area contributed by atoms with E-state index in [0.29, 0.717) is 22.1 Å². The topological polar surface area (TPSA) is 90.0 Å². The molecule has 0 unspecified atom stereocenters. The normalized spacial score (nSPS) is 10.7. The number of carbonyl (C=O) groups is 1. The van der Waals surface area contributed by atoms with Crippen molar-refractivity contribution in [3.05, 3.63) is 87.8 Å². The maximum Gasteiger partial charge on any atom is 0.259 e. The number of nitrogens with one attached hydrogen (secondary N) is 1. The summed E-state index contributed by atoms with van der Waals surface area (Å²) in [4.78, 5) is 28.9. The molecule has 0 aliphatic carbocycles. The number of benzene rings is 2. The van der Waals surface area contributed by atoms with Crippen LogP contribution < -0.4 is 10.9 Å². The van der Waals surface area contributed by atoms with E-state index in [1.165, 1.54) is 16.8 Å². The van der Waals surface area contributed by atoms with Crippen molar-refractivity contribution >= 4 is 23.2 Å². The third-order valence-corrected chi connectivity index (χ3v) is 4.66. The van der Waals surface area contributed by atoms with Crippen LogP contribution >= 0.6 is 11.6 Å². The monoisotopic (exact) mass is 420 g/mol. The van der Waals surface area contributed by atoms with Gasteiger partial charge < -0.3 is 14.4 Å². The fourth-order valence-electron chi connectivity index (χ4n) is 2.83. The van der Waals surface area contributed by atoms with E-state index in [1.54, 1.807) is 30.3 Å². The Balaban J connectivity index is 1.53. The van der Waals surface area contributed by atoms with Crippen molar-refractivity contribution in [3.63, 3.8) is 0 Å². The number of nitrogens with zero attached hydrogens (tertiary/aromatic N) is 3. The van der Waals surface area contributed by atoms with Gasteiger partial charge in [0.2, 0.25) is 11.7 Å². The second-order valence-electron chi connectivity index (χ2n) is 6.73. The van der Waals surface area contributed by atoms with Gasteiger partial charge in [-0.2, -0.15) is 4.98 Å². The summed E-state index contributed by atoms with van der Waals surface area (Å²) in [6, 6.07) is 17.4. The zero-order valence-electron chi connectivity index (χ0n) is 16.0. The molecule has 7 nitrogen and oxygen atoms in total. The predicted octanol–water partition coefficient (Wildman–Crippen LogP) is 4.17. The second-order valence-corrected chi connectivity index (χ2v) is 7.16. The maximum atomic E-state index is 12.4. The molecule has 8 heteroatoms. The summed E-state index contributed by atoms with van der Waals surface area (Å²) in [5, 5.41) is 7.36. The lowest BCUT2D eigenvalue weighted by atomic mass is 10.2. The number of hydrogen-bond acceptors (Lipinski definition) is 5. The van der Waals surface area contributed by atoms with E-state index in [9.17, 15) is 9.59 Å². The van der Waals surface area contributed by atoms with Gasteiger partial charge in [-0.15, -0.1) is 0 Å². The average Bonchev–Trinajstić information content (AvgIpc) is 3.22. The summed E-state index contributed by atoms with van der Waals surface area (Å²) < 4.78 is 6.63. The van der Waals surface area contributed by atoms with Crippen LogP contribution in [0, 0.1) is 6.92 Å². The van der Waals surface area contributed by atoms with Crippen molar-refractivity contribution in [2.75, 3.05) is 5.32 Å². The number of halogens is 1. The van der Waals surface area contributed by atoms with Crippen molar-refractivity contribution < 1.29 is 9.32 Å². The third kappa shape index (κ3) is 4.47. The smallest absolute Gasteiger partial charge is 0.259 e. The van der Waals surface area contributed by atoms with Crippen LogP contribution in [0.2, 0.25) is 5.02 Å². The van der Waals surface area contributed by atoms with E-state index < -0.39 is 0 Å².